The molecule has 2 aromatic carbocycles. The van der Waals surface area contributed by atoms with Crippen molar-refractivity contribution in [1.29, 1.82) is 0 Å². The van der Waals surface area contributed by atoms with Crippen LogP contribution < -0.4 is 10.0 Å². The van der Waals surface area contributed by atoms with Crippen molar-refractivity contribution in [1.82, 2.24) is 14.6 Å². The van der Waals surface area contributed by atoms with E-state index in [2.05, 4.69) is 26.9 Å². The Balaban J connectivity index is 1.73. The molecule has 0 fully saturated rings. The van der Waals surface area contributed by atoms with Crippen LogP contribution in [0.3, 0.4) is 0 Å². The summed E-state index contributed by atoms with van der Waals surface area (Å²) in [5.41, 5.74) is 1.35. The van der Waals surface area contributed by atoms with Crippen LogP contribution in [0.4, 0.5) is 5.69 Å². The van der Waals surface area contributed by atoms with Crippen LogP contribution >= 0.6 is 0 Å². The Kier molecular flexibility index (Phi) is 7.65. The normalized spacial score (nSPS) is 11.6. The third-order valence-corrected chi connectivity index (χ3v) is 6.29. The van der Waals surface area contributed by atoms with Gasteiger partial charge in [0, 0.05) is 25.2 Å². The van der Waals surface area contributed by atoms with E-state index in [0.717, 1.165) is 4.31 Å². The van der Waals surface area contributed by atoms with Crippen molar-refractivity contribution in [3.8, 4) is 23.3 Å². The van der Waals surface area contributed by atoms with Crippen molar-refractivity contribution >= 4 is 21.8 Å². The molecular weight excluding hydrogens is 468 g/mol. The molecule has 3 rings (SSSR count). The van der Waals surface area contributed by atoms with E-state index < -0.39 is 15.8 Å². The number of hydrogen-bond donors (Lipinski definition) is 3. The lowest BCUT2D eigenvalue weighted by atomic mass is 10.1. The SMILES string of the molecule is Cc1oc(-c2ccccc2NS(=O)(=O)N(C)C)nc1CNC(=O)c1ccc(C#CC(C)(C)O)cc1. The Morgan fingerprint density at radius 3 is 2.43 bits per heavy atom. The minimum Gasteiger partial charge on any atom is -0.441 e. The maximum Gasteiger partial charge on any atom is 0.301 e. The fraction of sp³-hybridized carbons (Fsp3) is 0.280. The van der Waals surface area contributed by atoms with Gasteiger partial charge in [0.1, 0.15) is 17.1 Å². The zero-order chi connectivity index (χ0) is 25.8. The Bertz CT molecular complexity index is 1380. The first-order chi connectivity index (χ1) is 16.4. The predicted octanol–water partition coefficient (Wildman–Crippen LogP) is 2.92. The number of aliphatic hydroxyl groups is 1. The van der Waals surface area contributed by atoms with Crippen molar-refractivity contribution < 1.29 is 22.7 Å². The molecule has 0 aliphatic heterocycles. The molecule has 0 aliphatic rings. The van der Waals surface area contributed by atoms with E-state index in [1.807, 2.05) is 0 Å². The first-order valence-corrected chi connectivity index (χ1v) is 12.2. The lowest BCUT2D eigenvalue weighted by molar-refractivity contribution is 0.0950. The fourth-order valence-corrected chi connectivity index (χ4v) is 3.53. The molecule has 0 saturated heterocycles. The number of para-hydroxylation sites is 1. The van der Waals surface area contributed by atoms with Crippen LogP contribution in [0.5, 0.6) is 0 Å². The van der Waals surface area contributed by atoms with E-state index in [-0.39, 0.29) is 18.3 Å². The number of nitrogens with zero attached hydrogens (tertiary/aromatic N) is 2. The number of amides is 1. The number of anilines is 1. The highest BCUT2D eigenvalue weighted by Crippen LogP contribution is 2.29. The average Bonchev–Trinajstić information content (AvgIpc) is 3.16. The smallest absolute Gasteiger partial charge is 0.301 e. The van der Waals surface area contributed by atoms with Gasteiger partial charge in [0.05, 0.1) is 17.8 Å². The fourth-order valence-electron chi connectivity index (χ4n) is 2.89. The number of aromatic nitrogens is 1. The molecule has 10 heteroatoms. The number of hydrogen-bond acceptors (Lipinski definition) is 6. The molecule has 1 heterocycles. The molecular formula is C25H28N4O5S. The average molecular weight is 497 g/mol. The van der Waals surface area contributed by atoms with Crippen molar-refractivity contribution in [2.75, 3.05) is 18.8 Å². The molecule has 3 N–H and O–H groups in total. The molecule has 0 radical (unpaired) electrons. The molecule has 9 nitrogen and oxygen atoms in total. The molecule has 0 spiro atoms. The molecule has 0 bridgehead atoms. The van der Waals surface area contributed by atoms with Crippen LogP contribution in [0, 0.1) is 18.8 Å². The minimum atomic E-state index is -3.72. The predicted molar refractivity (Wildman–Crippen MR) is 134 cm³/mol. The van der Waals surface area contributed by atoms with Gasteiger partial charge in [0.2, 0.25) is 5.89 Å². The van der Waals surface area contributed by atoms with Crippen molar-refractivity contribution in [2.24, 2.45) is 0 Å². The lowest BCUT2D eigenvalue weighted by Crippen LogP contribution is -2.29. The van der Waals surface area contributed by atoms with Crippen LogP contribution in [0.15, 0.2) is 52.9 Å². The van der Waals surface area contributed by atoms with E-state index in [0.29, 0.717) is 33.8 Å². The molecule has 35 heavy (non-hydrogen) atoms. The summed E-state index contributed by atoms with van der Waals surface area (Å²) in [5.74, 6) is 6.02. The minimum absolute atomic E-state index is 0.125. The number of carbonyl (C=O) groups excluding carboxylic acids is 1. The van der Waals surface area contributed by atoms with E-state index in [4.69, 9.17) is 4.42 Å². The van der Waals surface area contributed by atoms with Gasteiger partial charge in [-0.25, -0.2) is 4.98 Å². The molecule has 0 aliphatic carbocycles. The standard InChI is InChI=1S/C25H28N4O5S/c1-17-22(16-26-23(30)19-12-10-18(11-13-19)14-15-25(2,3)31)27-24(34-17)20-8-6-7-9-21(20)28-35(32,33)29(4)5/h6-13,28,31H,16H2,1-5H3,(H,26,30). The van der Waals surface area contributed by atoms with E-state index in [1.165, 1.54) is 14.1 Å². The van der Waals surface area contributed by atoms with Gasteiger partial charge < -0.3 is 14.8 Å². The maximum atomic E-state index is 12.6. The molecule has 3 aromatic rings. The maximum absolute atomic E-state index is 12.6. The van der Waals surface area contributed by atoms with Crippen molar-refractivity contribution in [3.63, 3.8) is 0 Å². The summed E-state index contributed by atoms with van der Waals surface area (Å²) in [4.78, 5) is 17.1. The Morgan fingerprint density at radius 2 is 1.80 bits per heavy atom. The molecule has 1 amide bonds. The largest absolute Gasteiger partial charge is 0.441 e. The summed E-state index contributed by atoms with van der Waals surface area (Å²) < 4.78 is 33.9. The first kappa shape index (κ1) is 26.0. The molecule has 0 atom stereocenters. The second kappa shape index (κ2) is 10.3. The second-order valence-corrected chi connectivity index (χ2v) is 10.4. The second-order valence-electron chi connectivity index (χ2n) is 8.53. The van der Waals surface area contributed by atoms with Gasteiger partial charge in [0.15, 0.2) is 0 Å². The van der Waals surface area contributed by atoms with E-state index in [9.17, 15) is 18.3 Å². The quantitative estimate of drug-likeness (QED) is 0.432. The monoisotopic (exact) mass is 496 g/mol. The van der Waals surface area contributed by atoms with Crippen LogP contribution in [0.25, 0.3) is 11.5 Å². The molecule has 1 aromatic heterocycles. The van der Waals surface area contributed by atoms with Gasteiger partial charge in [0.25, 0.3) is 5.91 Å². The number of aryl methyl sites for hydroxylation is 1. The third-order valence-electron chi connectivity index (χ3n) is 4.85. The highest BCUT2D eigenvalue weighted by Gasteiger charge is 2.19. The number of nitrogens with one attached hydrogen (secondary N) is 2. The van der Waals surface area contributed by atoms with Gasteiger partial charge in [-0.15, -0.1) is 0 Å². The summed E-state index contributed by atoms with van der Waals surface area (Å²) in [7, 11) is -0.859. The molecule has 0 saturated carbocycles. The van der Waals surface area contributed by atoms with Crippen LogP contribution in [0.2, 0.25) is 0 Å². The van der Waals surface area contributed by atoms with Crippen LogP contribution in [-0.2, 0) is 16.8 Å². The summed E-state index contributed by atoms with van der Waals surface area (Å²) in [6.45, 7) is 5.04. The highest BCUT2D eigenvalue weighted by molar-refractivity contribution is 7.90. The number of benzene rings is 2. The zero-order valence-electron chi connectivity index (χ0n) is 20.2. The topological polar surface area (TPSA) is 125 Å². The van der Waals surface area contributed by atoms with Gasteiger partial charge in [-0.2, -0.15) is 12.7 Å². The number of oxazole rings is 1. The van der Waals surface area contributed by atoms with E-state index >= 15 is 0 Å². The van der Waals surface area contributed by atoms with Gasteiger partial charge in [-0.05, 0) is 57.2 Å². The van der Waals surface area contributed by atoms with Crippen molar-refractivity contribution in [3.05, 3.63) is 71.1 Å². The summed E-state index contributed by atoms with van der Waals surface area (Å²) in [5, 5.41) is 12.5. The van der Waals surface area contributed by atoms with Crippen LogP contribution in [0.1, 0.15) is 41.2 Å². The Labute approximate surface area is 205 Å². The Morgan fingerprint density at radius 1 is 1.14 bits per heavy atom. The summed E-state index contributed by atoms with van der Waals surface area (Å²) >= 11 is 0. The zero-order valence-corrected chi connectivity index (χ0v) is 21.0. The van der Waals surface area contributed by atoms with Gasteiger partial charge in [-0.1, -0.05) is 24.0 Å². The lowest BCUT2D eigenvalue weighted by Gasteiger charge is -2.15. The molecule has 0 unspecified atom stereocenters. The number of carbonyl (C=O) groups is 1. The van der Waals surface area contributed by atoms with Crippen LogP contribution in [-0.4, -0.2) is 48.4 Å². The summed E-state index contributed by atoms with van der Waals surface area (Å²) in [6.07, 6.45) is 0. The van der Waals surface area contributed by atoms with Gasteiger partial charge >= 0.3 is 10.2 Å². The molecule has 184 valence electrons. The summed E-state index contributed by atoms with van der Waals surface area (Å²) in [6, 6.07) is 13.5. The van der Waals surface area contributed by atoms with Crippen molar-refractivity contribution in [2.45, 2.75) is 32.9 Å². The Hall–Kier alpha value is -3.65. The van der Waals surface area contributed by atoms with Gasteiger partial charge in [-0.3, -0.25) is 9.52 Å². The van der Waals surface area contributed by atoms with E-state index in [1.54, 1.807) is 69.3 Å². The third kappa shape index (κ3) is 6.93. The highest BCUT2D eigenvalue weighted by atomic mass is 32.2. The first-order valence-electron chi connectivity index (χ1n) is 10.8. The number of rotatable bonds is 7.